The summed E-state index contributed by atoms with van der Waals surface area (Å²) in [5, 5.41) is 18.4. The smallest absolute Gasteiger partial charge is 0.0471 e. The van der Waals surface area contributed by atoms with Gasteiger partial charge in [-0.3, -0.25) is 0 Å². The predicted octanol–water partition coefficient (Wildman–Crippen LogP) is 5.89. The molecule has 0 heterocycles. The molecular formula is C28H27NO2. The van der Waals surface area contributed by atoms with Crippen LogP contribution in [0.5, 0.6) is 0 Å². The van der Waals surface area contributed by atoms with E-state index in [9.17, 15) is 10.2 Å². The van der Waals surface area contributed by atoms with Gasteiger partial charge in [0.2, 0.25) is 0 Å². The average molecular weight is 410 g/mol. The Balaban J connectivity index is 1.71. The van der Waals surface area contributed by atoms with E-state index in [1.54, 1.807) is 0 Å². The third-order valence-electron chi connectivity index (χ3n) is 5.42. The molecule has 156 valence electrons. The standard InChI is InChI=1S/C28H27NO2/c30-20-18-22-6-12-26(13-7-22)29(27-14-8-23(9-15-27)19-21-31)28-16-10-25(11-17-28)24-4-2-1-3-5-24/h1-17,30-31H,18-21H2. The van der Waals surface area contributed by atoms with Crippen LogP contribution in [-0.2, 0) is 12.8 Å². The van der Waals surface area contributed by atoms with Crippen LogP contribution in [0.4, 0.5) is 17.1 Å². The first-order valence-electron chi connectivity index (χ1n) is 10.6. The summed E-state index contributed by atoms with van der Waals surface area (Å²) in [6.07, 6.45) is 1.31. The van der Waals surface area contributed by atoms with Crippen molar-refractivity contribution in [2.45, 2.75) is 12.8 Å². The van der Waals surface area contributed by atoms with Crippen LogP contribution in [0.25, 0.3) is 11.1 Å². The first-order chi connectivity index (χ1) is 15.3. The molecule has 0 spiro atoms. The highest BCUT2D eigenvalue weighted by Crippen LogP contribution is 2.35. The number of hydrogen-bond acceptors (Lipinski definition) is 3. The zero-order valence-electron chi connectivity index (χ0n) is 17.5. The highest BCUT2D eigenvalue weighted by Gasteiger charge is 2.13. The summed E-state index contributed by atoms with van der Waals surface area (Å²) in [5.41, 5.74) is 7.80. The van der Waals surface area contributed by atoms with E-state index >= 15 is 0 Å². The minimum atomic E-state index is 0.149. The second-order valence-corrected chi connectivity index (χ2v) is 7.53. The Morgan fingerprint density at radius 1 is 0.452 bits per heavy atom. The van der Waals surface area contributed by atoms with Crippen molar-refractivity contribution in [3.8, 4) is 11.1 Å². The quantitative estimate of drug-likeness (QED) is 0.381. The van der Waals surface area contributed by atoms with Crippen molar-refractivity contribution in [1.82, 2.24) is 0 Å². The van der Waals surface area contributed by atoms with Crippen molar-refractivity contribution < 1.29 is 10.2 Å². The lowest BCUT2D eigenvalue weighted by molar-refractivity contribution is 0.299. The number of aliphatic hydroxyl groups is 2. The summed E-state index contributed by atoms with van der Waals surface area (Å²) in [6, 6.07) is 35.6. The Hall–Kier alpha value is -3.40. The van der Waals surface area contributed by atoms with E-state index in [1.165, 1.54) is 11.1 Å². The Labute approximate surface area is 183 Å². The second kappa shape index (κ2) is 10.1. The second-order valence-electron chi connectivity index (χ2n) is 7.53. The van der Waals surface area contributed by atoms with E-state index < -0.39 is 0 Å². The van der Waals surface area contributed by atoms with Gasteiger partial charge >= 0.3 is 0 Å². The number of rotatable bonds is 8. The summed E-state index contributed by atoms with van der Waals surface area (Å²) >= 11 is 0. The van der Waals surface area contributed by atoms with Gasteiger partial charge < -0.3 is 15.1 Å². The molecule has 0 amide bonds. The van der Waals surface area contributed by atoms with E-state index in [2.05, 4.69) is 102 Å². The normalized spacial score (nSPS) is 10.8. The SMILES string of the molecule is OCCc1ccc(N(c2ccc(CCO)cc2)c2ccc(-c3ccccc3)cc2)cc1. The van der Waals surface area contributed by atoms with Crippen LogP contribution in [-0.4, -0.2) is 23.4 Å². The van der Waals surface area contributed by atoms with E-state index in [1.807, 2.05) is 6.07 Å². The number of benzene rings is 4. The Morgan fingerprint density at radius 3 is 1.26 bits per heavy atom. The van der Waals surface area contributed by atoms with Gasteiger partial charge in [0.05, 0.1) is 0 Å². The molecule has 3 heteroatoms. The molecule has 0 atom stereocenters. The van der Waals surface area contributed by atoms with Crippen LogP contribution in [0.2, 0.25) is 0 Å². The van der Waals surface area contributed by atoms with Crippen LogP contribution < -0.4 is 4.90 Å². The topological polar surface area (TPSA) is 43.7 Å². The maximum atomic E-state index is 9.22. The highest BCUT2D eigenvalue weighted by molar-refractivity contribution is 5.78. The molecule has 0 fully saturated rings. The number of hydrogen-bond donors (Lipinski definition) is 2. The van der Waals surface area contributed by atoms with Gasteiger partial charge in [0.15, 0.2) is 0 Å². The molecule has 31 heavy (non-hydrogen) atoms. The summed E-state index contributed by atoms with van der Waals surface area (Å²) in [6.45, 7) is 0.298. The zero-order valence-corrected chi connectivity index (χ0v) is 17.5. The van der Waals surface area contributed by atoms with Gasteiger partial charge in [-0.2, -0.15) is 0 Å². The number of aliphatic hydroxyl groups excluding tert-OH is 2. The predicted molar refractivity (Wildman–Crippen MR) is 128 cm³/mol. The third kappa shape index (κ3) is 5.02. The van der Waals surface area contributed by atoms with E-state index in [0.29, 0.717) is 12.8 Å². The van der Waals surface area contributed by atoms with Gasteiger partial charge in [-0.05, 0) is 71.5 Å². The minimum absolute atomic E-state index is 0.149. The molecule has 4 aromatic rings. The maximum Gasteiger partial charge on any atom is 0.0471 e. The van der Waals surface area contributed by atoms with Crippen molar-refractivity contribution in [3.05, 3.63) is 114 Å². The summed E-state index contributed by atoms with van der Waals surface area (Å²) in [7, 11) is 0. The van der Waals surface area contributed by atoms with Crippen LogP contribution in [0.1, 0.15) is 11.1 Å². The lowest BCUT2D eigenvalue weighted by atomic mass is 10.0. The monoisotopic (exact) mass is 409 g/mol. The molecule has 4 rings (SSSR count). The van der Waals surface area contributed by atoms with Gasteiger partial charge in [0.25, 0.3) is 0 Å². The molecule has 0 radical (unpaired) electrons. The molecule has 4 aromatic carbocycles. The third-order valence-corrected chi connectivity index (χ3v) is 5.42. The molecule has 0 aliphatic heterocycles. The molecule has 3 nitrogen and oxygen atoms in total. The molecule has 0 aliphatic rings. The van der Waals surface area contributed by atoms with Gasteiger partial charge in [-0.1, -0.05) is 66.7 Å². The Bertz CT molecular complexity index is 1020. The first-order valence-corrected chi connectivity index (χ1v) is 10.6. The van der Waals surface area contributed by atoms with E-state index in [0.717, 1.165) is 28.2 Å². The van der Waals surface area contributed by atoms with Crippen molar-refractivity contribution in [3.63, 3.8) is 0 Å². The fourth-order valence-electron chi connectivity index (χ4n) is 3.76. The Morgan fingerprint density at radius 2 is 0.839 bits per heavy atom. The fourth-order valence-corrected chi connectivity index (χ4v) is 3.76. The van der Waals surface area contributed by atoms with E-state index in [4.69, 9.17) is 0 Å². The zero-order chi connectivity index (χ0) is 21.5. The van der Waals surface area contributed by atoms with Crippen molar-refractivity contribution in [2.24, 2.45) is 0 Å². The highest BCUT2D eigenvalue weighted by atomic mass is 16.3. The molecule has 0 saturated heterocycles. The van der Waals surface area contributed by atoms with Crippen molar-refractivity contribution in [2.75, 3.05) is 18.1 Å². The summed E-state index contributed by atoms with van der Waals surface area (Å²) in [4.78, 5) is 2.22. The van der Waals surface area contributed by atoms with Gasteiger partial charge in [0.1, 0.15) is 0 Å². The maximum absolute atomic E-state index is 9.22. The van der Waals surface area contributed by atoms with E-state index in [-0.39, 0.29) is 13.2 Å². The first kappa shape index (κ1) is 20.9. The largest absolute Gasteiger partial charge is 0.396 e. The molecule has 0 bridgehead atoms. The number of anilines is 3. The van der Waals surface area contributed by atoms with Gasteiger partial charge in [-0.25, -0.2) is 0 Å². The van der Waals surface area contributed by atoms with Crippen molar-refractivity contribution in [1.29, 1.82) is 0 Å². The minimum Gasteiger partial charge on any atom is -0.396 e. The molecule has 0 saturated carbocycles. The summed E-state index contributed by atoms with van der Waals surface area (Å²) < 4.78 is 0. The molecule has 0 aromatic heterocycles. The average Bonchev–Trinajstić information content (AvgIpc) is 2.83. The van der Waals surface area contributed by atoms with Crippen LogP contribution >= 0.6 is 0 Å². The molecule has 2 N–H and O–H groups in total. The lowest BCUT2D eigenvalue weighted by Crippen LogP contribution is -2.10. The fraction of sp³-hybridized carbons (Fsp3) is 0.143. The summed E-state index contributed by atoms with van der Waals surface area (Å²) in [5.74, 6) is 0. The van der Waals surface area contributed by atoms with Crippen molar-refractivity contribution >= 4 is 17.1 Å². The van der Waals surface area contributed by atoms with Crippen LogP contribution in [0.3, 0.4) is 0 Å². The molecular weight excluding hydrogens is 382 g/mol. The number of nitrogens with zero attached hydrogens (tertiary/aromatic N) is 1. The van der Waals surface area contributed by atoms with Crippen LogP contribution in [0.15, 0.2) is 103 Å². The lowest BCUT2D eigenvalue weighted by Gasteiger charge is -2.26. The van der Waals surface area contributed by atoms with Crippen LogP contribution in [0, 0.1) is 0 Å². The van der Waals surface area contributed by atoms with Gasteiger partial charge in [-0.15, -0.1) is 0 Å². The molecule has 0 unspecified atom stereocenters. The Kier molecular flexibility index (Phi) is 6.78. The molecule has 0 aliphatic carbocycles. The van der Waals surface area contributed by atoms with Gasteiger partial charge in [0, 0.05) is 30.3 Å².